The Balaban J connectivity index is 1.81. The van der Waals surface area contributed by atoms with E-state index in [1.165, 1.54) is 28.5 Å². The molecule has 1 aliphatic heterocycles. The highest BCUT2D eigenvalue weighted by Gasteiger charge is 2.33. The van der Waals surface area contributed by atoms with E-state index < -0.39 is 0 Å². The van der Waals surface area contributed by atoms with E-state index in [9.17, 15) is 4.79 Å². The van der Waals surface area contributed by atoms with Gasteiger partial charge >= 0.3 is 0 Å². The zero-order valence-corrected chi connectivity index (χ0v) is 13.0. The van der Waals surface area contributed by atoms with Gasteiger partial charge in [-0.1, -0.05) is 11.6 Å². The van der Waals surface area contributed by atoms with E-state index in [1.807, 2.05) is 0 Å². The first-order chi connectivity index (χ1) is 11.7. The first-order valence-corrected chi connectivity index (χ1v) is 7.39. The Kier molecular flexibility index (Phi) is 3.47. The van der Waals surface area contributed by atoms with Crippen LogP contribution in [0.2, 0.25) is 5.02 Å². The average Bonchev–Trinajstić information content (AvgIpc) is 3.32. The predicted molar refractivity (Wildman–Crippen MR) is 88.5 cm³/mol. The summed E-state index contributed by atoms with van der Waals surface area (Å²) in [7, 11) is 0. The van der Waals surface area contributed by atoms with Gasteiger partial charge in [-0.05, 0) is 36.4 Å². The number of furan rings is 1. The molecule has 1 aliphatic rings. The molecule has 0 N–H and O–H groups in total. The molecule has 0 saturated carbocycles. The van der Waals surface area contributed by atoms with Crippen LogP contribution in [0.3, 0.4) is 0 Å². The van der Waals surface area contributed by atoms with E-state index >= 15 is 0 Å². The lowest BCUT2D eigenvalue weighted by atomic mass is 10.2. The van der Waals surface area contributed by atoms with E-state index in [4.69, 9.17) is 16.0 Å². The number of carbonyl (C=O) groups is 1. The second kappa shape index (κ2) is 5.78. The molecule has 0 bridgehead atoms. The lowest BCUT2D eigenvalue weighted by Gasteiger charge is -2.17. The molecule has 0 unspecified atom stereocenters. The van der Waals surface area contributed by atoms with Crippen molar-refractivity contribution >= 4 is 35.2 Å². The van der Waals surface area contributed by atoms with Crippen LogP contribution in [0.15, 0.2) is 70.4 Å². The standard InChI is InChI=1S/C16H10ClN5O2/c17-11-3-5-12(6-4-11)22-15(23)14(8-13-2-1-7-24-13)20-16(22)21-10-18-9-19-21/h1-10H/b14-8-. The monoisotopic (exact) mass is 339 g/mol. The van der Waals surface area contributed by atoms with Gasteiger partial charge < -0.3 is 4.42 Å². The lowest BCUT2D eigenvalue weighted by Crippen LogP contribution is -2.36. The summed E-state index contributed by atoms with van der Waals surface area (Å²) in [6.45, 7) is 0. The molecule has 7 nitrogen and oxygen atoms in total. The topological polar surface area (TPSA) is 76.5 Å². The van der Waals surface area contributed by atoms with Crippen molar-refractivity contribution in [1.29, 1.82) is 0 Å². The maximum absolute atomic E-state index is 12.8. The summed E-state index contributed by atoms with van der Waals surface area (Å²) in [6, 6.07) is 10.4. The smallest absolute Gasteiger partial charge is 0.284 e. The van der Waals surface area contributed by atoms with Crippen molar-refractivity contribution < 1.29 is 9.21 Å². The number of amides is 1. The Morgan fingerprint density at radius 3 is 2.67 bits per heavy atom. The summed E-state index contributed by atoms with van der Waals surface area (Å²) >= 11 is 5.93. The van der Waals surface area contributed by atoms with E-state index in [0.29, 0.717) is 22.4 Å². The van der Waals surface area contributed by atoms with Crippen LogP contribution >= 0.6 is 11.6 Å². The van der Waals surface area contributed by atoms with Gasteiger partial charge in [0.25, 0.3) is 5.91 Å². The Labute approximate surface area is 141 Å². The molecular weight excluding hydrogens is 330 g/mol. The van der Waals surface area contributed by atoms with Crippen molar-refractivity contribution in [3.8, 4) is 0 Å². The summed E-state index contributed by atoms with van der Waals surface area (Å²) in [5.41, 5.74) is 0.867. The molecule has 0 atom stereocenters. The van der Waals surface area contributed by atoms with Gasteiger partial charge in [0.15, 0.2) is 0 Å². The normalized spacial score (nSPS) is 16.0. The molecule has 3 aromatic rings. The first-order valence-electron chi connectivity index (χ1n) is 7.01. The number of halogens is 1. The van der Waals surface area contributed by atoms with E-state index in [-0.39, 0.29) is 11.6 Å². The molecular formula is C16H10ClN5O2. The molecule has 3 heterocycles. The van der Waals surface area contributed by atoms with Crippen LogP contribution in [0.5, 0.6) is 0 Å². The van der Waals surface area contributed by atoms with Gasteiger partial charge in [0.1, 0.15) is 24.1 Å². The van der Waals surface area contributed by atoms with Crippen molar-refractivity contribution in [2.45, 2.75) is 0 Å². The summed E-state index contributed by atoms with van der Waals surface area (Å²) in [6.07, 6.45) is 5.96. The number of aliphatic imine (C=N–C) groups is 1. The third kappa shape index (κ3) is 2.50. The fraction of sp³-hybridized carbons (Fsp3) is 0. The molecule has 8 heteroatoms. The summed E-state index contributed by atoms with van der Waals surface area (Å²) in [5, 5.41) is 4.64. The maximum atomic E-state index is 12.8. The van der Waals surface area contributed by atoms with Gasteiger partial charge in [0.2, 0.25) is 5.96 Å². The van der Waals surface area contributed by atoms with Gasteiger partial charge in [-0.3, -0.25) is 4.79 Å². The molecule has 0 aliphatic carbocycles. The summed E-state index contributed by atoms with van der Waals surface area (Å²) < 4.78 is 6.68. The molecule has 1 amide bonds. The molecule has 4 rings (SSSR count). The molecule has 1 aromatic carbocycles. The second-order valence-electron chi connectivity index (χ2n) is 4.91. The van der Waals surface area contributed by atoms with Crippen LogP contribution < -0.4 is 4.90 Å². The Morgan fingerprint density at radius 2 is 2.00 bits per heavy atom. The second-order valence-corrected chi connectivity index (χ2v) is 5.35. The van der Waals surface area contributed by atoms with E-state index in [2.05, 4.69) is 15.1 Å². The van der Waals surface area contributed by atoms with Crippen molar-refractivity contribution in [1.82, 2.24) is 14.8 Å². The van der Waals surface area contributed by atoms with Crippen molar-refractivity contribution in [2.75, 3.05) is 4.90 Å². The number of nitrogens with zero attached hydrogens (tertiary/aromatic N) is 5. The molecule has 2 aromatic heterocycles. The quantitative estimate of drug-likeness (QED) is 0.673. The third-order valence-corrected chi connectivity index (χ3v) is 3.63. The molecule has 0 saturated heterocycles. The van der Waals surface area contributed by atoms with Gasteiger partial charge in [0.05, 0.1) is 12.0 Å². The van der Waals surface area contributed by atoms with Crippen LogP contribution in [0.4, 0.5) is 5.69 Å². The van der Waals surface area contributed by atoms with Crippen LogP contribution in [0, 0.1) is 0 Å². The molecule has 24 heavy (non-hydrogen) atoms. The van der Waals surface area contributed by atoms with Crippen molar-refractivity contribution in [3.05, 3.63) is 71.8 Å². The van der Waals surface area contributed by atoms with E-state index in [0.717, 1.165) is 0 Å². The fourth-order valence-corrected chi connectivity index (χ4v) is 2.43. The number of carbonyl (C=O) groups excluding carboxylic acids is 1. The number of hydrogen-bond acceptors (Lipinski definition) is 5. The van der Waals surface area contributed by atoms with Gasteiger partial charge in [-0.2, -0.15) is 9.78 Å². The van der Waals surface area contributed by atoms with Crippen molar-refractivity contribution in [3.63, 3.8) is 0 Å². The number of aromatic nitrogens is 3. The molecule has 0 fully saturated rings. The van der Waals surface area contributed by atoms with Crippen molar-refractivity contribution in [2.24, 2.45) is 4.99 Å². The van der Waals surface area contributed by atoms with Gasteiger partial charge in [-0.25, -0.2) is 14.9 Å². The molecule has 0 radical (unpaired) electrons. The van der Waals surface area contributed by atoms with Gasteiger partial charge in [0, 0.05) is 11.1 Å². The number of benzene rings is 1. The summed E-state index contributed by atoms with van der Waals surface area (Å²) in [4.78, 5) is 22.6. The minimum Gasteiger partial charge on any atom is -0.465 e. The van der Waals surface area contributed by atoms with Gasteiger partial charge in [-0.15, -0.1) is 0 Å². The fourth-order valence-electron chi connectivity index (χ4n) is 2.30. The number of hydrogen-bond donors (Lipinski definition) is 0. The number of anilines is 1. The predicted octanol–water partition coefficient (Wildman–Crippen LogP) is 2.82. The molecule has 0 spiro atoms. The Bertz CT molecular complexity index is 928. The zero-order chi connectivity index (χ0) is 16.5. The van der Waals surface area contributed by atoms with Crippen LogP contribution in [0.1, 0.15) is 5.76 Å². The Morgan fingerprint density at radius 1 is 1.17 bits per heavy atom. The third-order valence-electron chi connectivity index (χ3n) is 3.37. The molecule has 118 valence electrons. The average molecular weight is 340 g/mol. The number of rotatable bonds is 2. The highest BCUT2D eigenvalue weighted by Crippen LogP contribution is 2.26. The van der Waals surface area contributed by atoms with Crippen LogP contribution in [-0.4, -0.2) is 26.6 Å². The largest absolute Gasteiger partial charge is 0.465 e. The Hall–Kier alpha value is -3.19. The van der Waals surface area contributed by atoms with Crippen LogP contribution in [-0.2, 0) is 4.79 Å². The van der Waals surface area contributed by atoms with Crippen LogP contribution in [0.25, 0.3) is 6.08 Å². The SMILES string of the molecule is O=C1/C(=C/c2ccco2)N=C(n2cncn2)N1c1ccc(Cl)cc1. The minimum atomic E-state index is -0.292. The highest BCUT2D eigenvalue weighted by atomic mass is 35.5. The summed E-state index contributed by atoms with van der Waals surface area (Å²) in [5.74, 6) is 0.579. The highest BCUT2D eigenvalue weighted by molar-refractivity contribution is 6.31. The first kappa shape index (κ1) is 14.4. The lowest BCUT2D eigenvalue weighted by molar-refractivity contribution is -0.113. The maximum Gasteiger partial charge on any atom is 0.284 e. The van der Waals surface area contributed by atoms with E-state index in [1.54, 1.807) is 42.5 Å². The zero-order valence-electron chi connectivity index (χ0n) is 12.2. The minimum absolute atomic E-state index is 0.241.